The van der Waals surface area contributed by atoms with Crippen molar-refractivity contribution in [2.24, 2.45) is 0 Å². The highest BCUT2D eigenvalue weighted by molar-refractivity contribution is 7.80. The molecular weight excluding hydrogens is 819 g/mol. The molecule has 62 heavy (non-hydrogen) atoms. The molecule has 5 N–H and O–H groups in total. The summed E-state index contributed by atoms with van der Waals surface area (Å²) in [6, 6.07) is 18.7. The van der Waals surface area contributed by atoms with Gasteiger partial charge in [0, 0.05) is 60.1 Å². The third kappa shape index (κ3) is 7.44. The molecule has 12 nitrogen and oxygen atoms in total. The fourth-order valence-corrected chi connectivity index (χ4v) is 9.08. The molecule has 0 radical (unpaired) electrons. The van der Waals surface area contributed by atoms with E-state index in [0.717, 1.165) is 87.8 Å². The number of nitrogens with one attached hydrogen (secondary N) is 1. The van der Waals surface area contributed by atoms with Crippen LogP contribution in [0.5, 0.6) is 28.7 Å². The summed E-state index contributed by atoms with van der Waals surface area (Å²) in [6.45, 7) is 9.32. The molecule has 1 aliphatic rings. The van der Waals surface area contributed by atoms with Crippen LogP contribution in [0.4, 0.5) is 5.69 Å². The van der Waals surface area contributed by atoms with Crippen molar-refractivity contribution in [3.8, 4) is 45.8 Å². The average molecular weight is 872 g/mol. The van der Waals surface area contributed by atoms with Crippen molar-refractivity contribution < 1.29 is 25.2 Å². The number of methoxy groups -OCH3 is 1. The van der Waals surface area contributed by atoms with E-state index in [9.17, 15) is 20.4 Å². The Bertz CT molecular complexity index is 2950. The average Bonchev–Trinajstić information content (AvgIpc) is 3.82. The third-order valence-electron chi connectivity index (χ3n) is 11.8. The largest absolute Gasteiger partial charge is 0.508 e. The highest BCUT2D eigenvalue weighted by Gasteiger charge is 2.30. The normalized spacial score (nSPS) is 13.0. The Morgan fingerprint density at radius 1 is 0.887 bits per heavy atom. The lowest BCUT2D eigenvalue weighted by Crippen LogP contribution is -2.36. The highest BCUT2D eigenvalue weighted by atomic mass is 32.1. The summed E-state index contributed by atoms with van der Waals surface area (Å²) in [5.41, 5.74) is 7.82. The Labute approximate surface area is 371 Å². The summed E-state index contributed by atoms with van der Waals surface area (Å²) in [4.78, 5) is 1.92. The first-order valence-corrected chi connectivity index (χ1v) is 22.1. The van der Waals surface area contributed by atoms with E-state index in [-0.39, 0.29) is 35.6 Å². The first-order valence-electron chi connectivity index (χ1n) is 21.3. The summed E-state index contributed by atoms with van der Waals surface area (Å²) in [5.74, 6) is 1.41. The van der Waals surface area contributed by atoms with Gasteiger partial charge in [-0.3, -0.25) is 9.47 Å². The van der Waals surface area contributed by atoms with Gasteiger partial charge in [0.2, 0.25) is 4.77 Å². The molecular formula is C48H53N7O5S2. The number of aromatic hydroxyl groups is 4. The second-order valence-corrected chi connectivity index (χ2v) is 16.5. The molecule has 0 bridgehead atoms. The van der Waals surface area contributed by atoms with E-state index in [2.05, 4.69) is 58.9 Å². The van der Waals surface area contributed by atoms with Gasteiger partial charge >= 0.3 is 0 Å². The maximum absolute atomic E-state index is 11.5. The Kier molecular flexibility index (Phi) is 11.8. The number of allylic oxidation sites excluding steroid dienone is 1. The van der Waals surface area contributed by atoms with Gasteiger partial charge in [-0.1, -0.05) is 33.8 Å². The van der Waals surface area contributed by atoms with E-state index < -0.39 is 0 Å². The third-order valence-corrected chi connectivity index (χ3v) is 12.6. The zero-order valence-corrected chi connectivity index (χ0v) is 37.6. The molecule has 0 atom stereocenters. The minimum absolute atomic E-state index is 0.0429. The van der Waals surface area contributed by atoms with Gasteiger partial charge in [-0.05, 0) is 134 Å². The molecule has 1 saturated carbocycles. The predicted octanol–water partition coefficient (Wildman–Crippen LogP) is 10.5. The molecule has 3 heterocycles. The lowest BCUT2D eigenvalue weighted by Gasteiger charge is -2.29. The summed E-state index contributed by atoms with van der Waals surface area (Å²) in [7, 11) is 3.45. The maximum Gasteiger partial charge on any atom is 0.204 e. The van der Waals surface area contributed by atoms with Crippen molar-refractivity contribution in [2.75, 3.05) is 19.1 Å². The van der Waals surface area contributed by atoms with Crippen LogP contribution in [0, 0.1) is 4.77 Å². The van der Waals surface area contributed by atoms with Crippen molar-refractivity contribution >= 4 is 62.7 Å². The van der Waals surface area contributed by atoms with E-state index in [1.807, 2.05) is 59.7 Å². The zero-order valence-electron chi connectivity index (χ0n) is 35.9. The topological polar surface area (TPSA) is 138 Å². The molecule has 8 rings (SSSR count). The number of aromatic nitrogens is 5. The molecule has 0 spiro atoms. The zero-order chi connectivity index (χ0) is 44.0. The van der Waals surface area contributed by atoms with Crippen molar-refractivity contribution in [3.63, 3.8) is 0 Å². The summed E-state index contributed by atoms with van der Waals surface area (Å²) < 4.78 is 14.3. The van der Waals surface area contributed by atoms with E-state index >= 15 is 0 Å². The van der Waals surface area contributed by atoms with Gasteiger partial charge in [-0.15, -0.1) is 5.10 Å². The number of ether oxygens (including phenoxy) is 1. The number of benzene rings is 4. The molecule has 7 aromatic rings. The highest BCUT2D eigenvalue weighted by Crippen LogP contribution is 2.48. The lowest BCUT2D eigenvalue weighted by atomic mass is 10.0. The molecule has 4 aromatic carbocycles. The number of aryl methyl sites for hydroxylation is 3. The second-order valence-electron chi connectivity index (χ2n) is 15.8. The predicted molar refractivity (Wildman–Crippen MR) is 254 cm³/mol. The van der Waals surface area contributed by atoms with Crippen LogP contribution < -0.4 is 15.0 Å². The summed E-state index contributed by atoms with van der Waals surface area (Å²) in [5, 5.41) is 54.8. The van der Waals surface area contributed by atoms with Gasteiger partial charge in [-0.25, -0.2) is 4.68 Å². The number of hydrogen-bond donors (Lipinski definition) is 5. The second kappa shape index (κ2) is 17.3. The van der Waals surface area contributed by atoms with Gasteiger partial charge in [0.15, 0.2) is 10.9 Å². The fourth-order valence-electron chi connectivity index (χ4n) is 8.59. The summed E-state index contributed by atoms with van der Waals surface area (Å²) in [6.07, 6.45) is 11.1. The lowest BCUT2D eigenvalue weighted by molar-refractivity contribution is 0.417. The van der Waals surface area contributed by atoms with Crippen molar-refractivity contribution in [1.82, 2.24) is 28.8 Å². The number of thiocarbonyl (C=S) groups is 1. The molecule has 0 unspecified atom stereocenters. The number of hydrogen-bond acceptors (Lipinski definition) is 8. The van der Waals surface area contributed by atoms with Crippen LogP contribution in [0.1, 0.15) is 81.5 Å². The number of fused-ring (bicyclic) bond motifs is 2. The van der Waals surface area contributed by atoms with Crippen molar-refractivity contribution in [1.29, 1.82) is 0 Å². The Morgan fingerprint density at radius 2 is 1.65 bits per heavy atom. The molecule has 3 aromatic heterocycles. The van der Waals surface area contributed by atoms with Gasteiger partial charge in [0.25, 0.3) is 0 Å². The number of anilines is 1. The van der Waals surface area contributed by atoms with Gasteiger partial charge < -0.3 is 39.6 Å². The quantitative estimate of drug-likeness (QED) is 0.0672. The van der Waals surface area contributed by atoms with Crippen LogP contribution >= 0.6 is 24.4 Å². The number of phenolic OH excluding ortho intramolecular Hbond substituents is 4. The Balaban J connectivity index is 1.28. The van der Waals surface area contributed by atoms with E-state index in [1.165, 1.54) is 12.1 Å². The molecule has 14 heteroatoms. The monoisotopic (exact) mass is 871 g/mol. The Morgan fingerprint density at radius 3 is 2.32 bits per heavy atom. The van der Waals surface area contributed by atoms with Gasteiger partial charge in [0.1, 0.15) is 35.4 Å². The molecule has 1 fully saturated rings. The van der Waals surface area contributed by atoms with Crippen LogP contribution in [-0.2, 0) is 26.1 Å². The SMILES string of the molecule is CCC=C(c1cc(CC)c(O)cc1O)N(C(=S)NC)c1ccc2c(c1)c(CC)cn2Cn1nc(-c2cc(C3CC3)c(O)cc2O)n(-c2ccc(OC)c3c2ccn3CCC)c1=S. The van der Waals surface area contributed by atoms with E-state index in [1.54, 1.807) is 18.8 Å². The number of phenols is 4. The molecule has 0 saturated heterocycles. The van der Waals surface area contributed by atoms with Crippen LogP contribution in [0.3, 0.4) is 0 Å². The minimum Gasteiger partial charge on any atom is -0.508 e. The van der Waals surface area contributed by atoms with Crippen LogP contribution in [0.15, 0.2) is 79.1 Å². The van der Waals surface area contributed by atoms with E-state index in [4.69, 9.17) is 34.3 Å². The van der Waals surface area contributed by atoms with Crippen LogP contribution in [-0.4, -0.2) is 63.2 Å². The number of rotatable bonds is 14. The molecule has 0 amide bonds. The first-order chi connectivity index (χ1) is 30.0. The fraction of sp³-hybridized carbons (Fsp3) is 0.312. The summed E-state index contributed by atoms with van der Waals surface area (Å²) >= 11 is 12.3. The van der Waals surface area contributed by atoms with Crippen molar-refractivity contribution in [3.05, 3.63) is 106 Å². The number of nitrogens with zero attached hydrogens (tertiary/aromatic N) is 6. The Hall–Kier alpha value is -6.25. The smallest absolute Gasteiger partial charge is 0.204 e. The minimum atomic E-state index is -0.0899. The van der Waals surface area contributed by atoms with E-state index in [0.29, 0.717) is 45.4 Å². The molecule has 0 aliphatic heterocycles. The van der Waals surface area contributed by atoms with Gasteiger partial charge in [-0.2, -0.15) is 0 Å². The van der Waals surface area contributed by atoms with Crippen molar-refractivity contribution in [2.45, 2.75) is 85.4 Å². The first kappa shape index (κ1) is 42.4. The standard InChI is InChI=1S/C48H53N7O5S2/c1-7-11-38(35-21-28(9-3)40(56)24-42(35)58)54(47(61)49-5)31-14-15-37-33(22-31)29(10-4)26-52(37)27-53-48(62)55(39-16-17-44(60-6)45-32(39)18-20-51(45)19-8-2)46(50-53)36-23-34(30-12-13-30)41(57)25-43(36)59/h11,14-18,20-26,30,56-59H,7-10,12-13,19,27H2,1-6H3,(H,49,61). The van der Waals surface area contributed by atoms with Gasteiger partial charge in [0.05, 0.1) is 35.1 Å². The molecule has 322 valence electrons. The maximum atomic E-state index is 11.5. The van der Waals surface area contributed by atoms with Crippen LogP contribution in [0.25, 0.3) is 44.6 Å². The van der Waals surface area contributed by atoms with Crippen LogP contribution in [0.2, 0.25) is 0 Å². The molecule has 1 aliphatic carbocycles.